The zero-order chi connectivity index (χ0) is 30.8. The second-order valence-corrected chi connectivity index (χ2v) is 10.3. The highest BCUT2D eigenvalue weighted by Crippen LogP contribution is 2.43. The lowest BCUT2D eigenvalue weighted by Gasteiger charge is -2.29. The van der Waals surface area contributed by atoms with Gasteiger partial charge in [-0.3, -0.25) is 10.2 Å². The van der Waals surface area contributed by atoms with Crippen molar-refractivity contribution in [3.63, 3.8) is 0 Å². The van der Waals surface area contributed by atoms with Gasteiger partial charge in [0.25, 0.3) is 5.91 Å². The number of nitrogens with zero attached hydrogens (tertiary/aromatic N) is 1. The van der Waals surface area contributed by atoms with Crippen LogP contribution in [0.2, 0.25) is 0 Å². The van der Waals surface area contributed by atoms with Crippen molar-refractivity contribution in [3.8, 4) is 5.75 Å². The number of aliphatic hydroxyl groups is 1. The minimum absolute atomic E-state index is 0.0124. The predicted molar refractivity (Wildman–Crippen MR) is 165 cm³/mol. The third-order valence-corrected chi connectivity index (χ3v) is 7.09. The van der Waals surface area contributed by atoms with Gasteiger partial charge in [0.1, 0.15) is 17.4 Å². The summed E-state index contributed by atoms with van der Waals surface area (Å²) < 4.78 is 39.6. The first-order valence-corrected chi connectivity index (χ1v) is 14.3. The van der Waals surface area contributed by atoms with E-state index < -0.39 is 29.2 Å². The molecule has 44 heavy (non-hydrogen) atoms. The number of benzene rings is 4. The molecule has 0 unspecified atom stereocenters. The van der Waals surface area contributed by atoms with Crippen molar-refractivity contribution in [2.75, 3.05) is 13.2 Å². The normalized spacial score (nSPS) is 17.7. The van der Waals surface area contributed by atoms with Gasteiger partial charge in [-0.05, 0) is 53.1 Å². The summed E-state index contributed by atoms with van der Waals surface area (Å²) in [4.78, 5) is 19.0. The Hall–Kier alpha value is -4.86. The Balaban J connectivity index is 1.47. The fraction of sp³-hybridized carbons (Fsp3) is 0.200. The molecule has 226 valence electrons. The van der Waals surface area contributed by atoms with Crippen LogP contribution in [0.4, 0.5) is 8.78 Å². The lowest BCUT2D eigenvalue weighted by molar-refractivity contribution is -0.129. The molecule has 0 aromatic heterocycles. The molecule has 1 heterocycles. The Morgan fingerprint density at radius 2 is 1.64 bits per heavy atom. The van der Waals surface area contributed by atoms with E-state index >= 15 is 0 Å². The van der Waals surface area contributed by atoms with Gasteiger partial charge >= 0.3 is 0 Å². The van der Waals surface area contributed by atoms with Crippen LogP contribution in [0.25, 0.3) is 6.08 Å². The van der Waals surface area contributed by atoms with E-state index in [2.05, 4.69) is 10.9 Å². The molecule has 0 saturated carbocycles. The Kier molecular flexibility index (Phi) is 10.1. The van der Waals surface area contributed by atoms with Crippen LogP contribution in [0.5, 0.6) is 5.75 Å². The molecule has 1 amide bonds. The second kappa shape index (κ2) is 14.5. The maximum Gasteiger partial charge on any atom is 0.266 e. The van der Waals surface area contributed by atoms with Crippen molar-refractivity contribution in [2.24, 2.45) is 4.99 Å². The number of aliphatic hydroxyl groups excluding tert-OH is 1. The van der Waals surface area contributed by atoms with Crippen molar-refractivity contribution in [2.45, 2.75) is 31.0 Å². The van der Waals surface area contributed by atoms with Crippen LogP contribution in [0.3, 0.4) is 0 Å². The molecule has 9 heteroatoms. The molecule has 0 aliphatic carbocycles. The van der Waals surface area contributed by atoms with Crippen molar-refractivity contribution in [3.05, 3.63) is 143 Å². The Morgan fingerprint density at radius 1 is 0.955 bits per heavy atom. The van der Waals surface area contributed by atoms with E-state index in [1.807, 2.05) is 72.8 Å². The maximum atomic E-state index is 14.1. The standard InChI is InChI=1S/C35H33F2N3O4/c36-29-21-26(22-30(37)23-29)24-38-40-34(42)35(18-7-11-25-9-3-1-4-10-25)32(27-12-5-2-6-13-27)44-33(39-35)28-14-16-31(17-15-28)43-20-8-19-41/h1-7,9-17,21-23,32,38,41H,8,18-20,24H2,(H,40,42)/b11-7+/t32-,35-/m0/s1. The predicted octanol–water partition coefficient (Wildman–Crippen LogP) is 5.91. The summed E-state index contributed by atoms with van der Waals surface area (Å²) in [6.45, 7) is 0.414. The van der Waals surface area contributed by atoms with E-state index in [1.165, 1.54) is 12.1 Å². The smallest absolute Gasteiger partial charge is 0.266 e. The maximum absolute atomic E-state index is 14.1. The van der Waals surface area contributed by atoms with Crippen molar-refractivity contribution in [1.29, 1.82) is 0 Å². The second-order valence-electron chi connectivity index (χ2n) is 10.3. The number of carbonyl (C=O) groups is 1. The molecule has 4 aromatic rings. The monoisotopic (exact) mass is 597 g/mol. The summed E-state index contributed by atoms with van der Waals surface area (Å²) in [6, 6.07) is 29.5. The van der Waals surface area contributed by atoms with E-state index in [4.69, 9.17) is 19.6 Å². The number of ether oxygens (including phenoxy) is 2. The molecule has 7 nitrogen and oxygen atoms in total. The summed E-state index contributed by atoms with van der Waals surface area (Å²) >= 11 is 0. The molecule has 3 N–H and O–H groups in total. The first-order valence-electron chi connectivity index (χ1n) is 14.3. The molecule has 4 aromatic carbocycles. The van der Waals surface area contributed by atoms with Crippen molar-refractivity contribution >= 4 is 17.9 Å². The number of rotatable bonds is 13. The molecule has 1 aliphatic rings. The fourth-order valence-electron chi connectivity index (χ4n) is 4.93. The minimum Gasteiger partial charge on any atom is -0.494 e. The molecule has 2 atom stereocenters. The molecule has 0 fully saturated rings. The highest BCUT2D eigenvalue weighted by atomic mass is 19.1. The molecule has 0 saturated heterocycles. The van der Waals surface area contributed by atoms with E-state index in [9.17, 15) is 13.6 Å². The van der Waals surface area contributed by atoms with E-state index in [0.717, 1.165) is 17.2 Å². The van der Waals surface area contributed by atoms with Gasteiger partial charge in [0.05, 0.1) is 6.61 Å². The Labute approximate surface area is 254 Å². The highest BCUT2D eigenvalue weighted by molar-refractivity contribution is 6.01. The van der Waals surface area contributed by atoms with Gasteiger partial charge in [-0.15, -0.1) is 0 Å². The van der Waals surface area contributed by atoms with Crippen molar-refractivity contribution < 1.29 is 28.2 Å². The first kappa shape index (κ1) is 30.6. The first-order chi connectivity index (χ1) is 21.5. The quantitative estimate of drug-likeness (QED) is 0.132. The lowest BCUT2D eigenvalue weighted by Crippen LogP contribution is -2.52. The molecule has 0 bridgehead atoms. The van der Waals surface area contributed by atoms with Crippen LogP contribution >= 0.6 is 0 Å². The van der Waals surface area contributed by atoms with Crippen LogP contribution in [-0.4, -0.2) is 35.7 Å². The van der Waals surface area contributed by atoms with Gasteiger partial charge in [-0.25, -0.2) is 19.2 Å². The van der Waals surface area contributed by atoms with Crippen LogP contribution in [0.15, 0.2) is 114 Å². The third-order valence-electron chi connectivity index (χ3n) is 7.09. The third kappa shape index (κ3) is 7.55. The van der Waals surface area contributed by atoms with E-state index in [-0.39, 0.29) is 25.5 Å². The van der Waals surface area contributed by atoms with Gasteiger partial charge < -0.3 is 14.6 Å². The largest absolute Gasteiger partial charge is 0.494 e. The summed E-state index contributed by atoms with van der Waals surface area (Å²) in [5.74, 6) is -0.963. The number of carbonyl (C=O) groups excluding carboxylic acids is 1. The van der Waals surface area contributed by atoms with Crippen LogP contribution in [0.1, 0.15) is 41.2 Å². The molecular weight excluding hydrogens is 564 g/mol. The average molecular weight is 598 g/mol. The van der Waals surface area contributed by atoms with Gasteiger partial charge in [0.15, 0.2) is 11.6 Å². The molecule has 1 aliphatic heterocycles. The number of nitrogens with one attached hydrogen (secondary N) is 2. The lowest BCUT2D eigenvalue weighted by atomic mass is 9.84. The number of halogens is 2. The zero-order valence-corrected chi connectivity index (χ0v) is 24.0. The summed E-state index contributed by atoms with van der Waals surface area (Å²) in [5, 5.41) is 9.02. The number of aliphatic imine (C=N–C) groups is 1. The van der Waals surface area contributed by atoms with Gasteiger partial charge in [-0.2, -0.15) is 0 Å². The SMILES string of the molecule is O=C(NNCc1cc(F)cc(F)c1)[C@@]1(C/C=C/c2ccccc2)N=C(c2ccc(OCCCO)cc2)O[C@H]1c1ccccc1. The molecule has 0 spiro atoms. The Bertz CT molecular complexity index is 1580. The molecule has 5 rings (SSSR count). The van der Waals surface area contributed by atoms with E-state index in [1.54, 1.807) is 24.3 Å². The van der Waals surface area contributed by atoms with Gasteiger partial charge in [0.2, 0.25) is 5.90 Å². The van der Waals surface area contributed by atoms with Gasteiger partial charge in [0, 0.05) is 37.6 Å². The van der Waals surface area contributed by atoms with Gasteiger partial charge in [-0.1, -0.05) is 72.8 Å². The summed E-state index contributed by atoms with van der Waals surface area (Å²) in [6.07, 6.45) is 3.74. The summed E-state index contributed by atoms with van der Waals surface area (Å²) in [5.41, 5.74) is 6.80. The molecule has 0 radical (unpaired) electrons. The number of hydrogen-bond acceptors (Lipinski definition) is 6. The van der Waals surface area contributed by atoms with Crippen LogP contribution in [-0.2, 0) is 16.1 Å². The summed E-state index contributed by atoms with van der Waals surface area (Å²) in [7, 11) is 0. The number of amides is 1. The molecular formula is C35H33F2N3O4. The topological polar surface area (TPSA) is 92.2 Å². The number of hydrogen-bond donors (Lipinski definition) is 3. The van der Waals surface area contributed by atoms with Crippen LogP contribution in [0, 0.1) is 11.6 Å². The average Bonchev–Trinajstić information content (AvgIpc) is 3.43. The minimum atomic E-state index is -1.43. The van der Waals surface area contributed by atoms with Crippen LogP contribution < -0.4 is 15.6 Å². The fourth-order valence-corrected chi connectivity index (χ4v) is 4.93. The van der Waals surface area contributed by atoms with E-state index in [0.29, 0.717) is 29.9 Å². The number of hydrazine groups is 1. The Morgan fingerprint density at radius 3 is 2.32 bits per heavy atom. The van der Waals surface area contributed by atoms with Crippen molar-refractivity contribution in [1.82, 2.24) is 10.9 Å². The zero-order valence-electron chi connectivity index (χ0n) is 24.0. The highest BCUT2D eigenvalue weighted by Gasteiger charge is 2.52.